The molecule has 0 aliphatic heterocycles. The third-order valence-corrected chi connectivity index (χ3v) is 2.97. The van der Waals surface area contributed by atoms with E-state index < -0.39 is 0 Å². The van der Waals surface area contributed by atoms with E-state index in [4.69, 9.17) is 15.6 Å². The smallest absolute Gasteiger partial charge is 0.255 e. The van der Waals surface area contributed by atoms with E-state index in [0.717, 1.165) is 0 Å². The van der Waals surface area contributed by atoms with Crippen molar-refractivity contribution in [2.24, 2.45) is 5.92 Å². The van der Waals surface area contributed by atoms with Crippen LogP contribution < -0.4 is 15.8 Å². The summed E-state index contributed by atoms with van der Waals surface area (Å²) >= 11 is 0. The van der Waals surface area contributed by atoms with Crippen LogP contribution in [0.5, 0.6) is 5.75 Å². The number of aliphatic hydroxyl groups excluding tert-OH is 1. The first kappa shape index (κ1) is 14.3. The minimum Gasteiger partial charge on any atom is -0.496 e. The van der Waals surface area contributed by atoms with Crippen molar-refractivity contribution in [1.82, 2.24) is 5.32 Å². The summed E-state index contributed by atoms with van der Waals surface area (Å²) in [6, 6.07) is 4.78. The Kier molecular flexibility index (Phi) is 4.97. The zero-order chi connectivity index (χ0) is 13.7. The lowest BCUT2D eigenvalue weighted by Crippen LogP contribution is -2.38. The van der Waals surface area contributed by atoms with Crippen molar-refractivity contribution in [2.45, 2.75) is 19.9 Å². The molecule has 2 unspecified atom stereocenters. The highest BCUT2D eigenvalue weighted by molar-refractivity contribution is 5.98. The van der Waals surface area contributed by atoms with Gasteiger partial charge in [0.05, 0.1) is 12.7 Å². The van der Waals surface area contributed by atoms with Crippen LogP contribution in [0.15, 0.2) is 18.2 Å². The largest absolute Gasteiger partial charge is 0.496 e. The van der Waals surface area contributed by atoms with Gasteiger partial charge >= 0.3 is 0 Å². The number of nitrogens with two attached hydrogens (primary N) is 1. The SMILES string of the molecule is COc1ccc(N)cc1C(=O)NC(C)C(C)CO. The van der Waals surface area contributed by atoms with E-state index in [9.17, 15) is 4.79 Å². The molecule has 0 fully saturated rings. The van der Waals surface area contributed by atoms with Gasteiger partial charge in [-0.2, -0.15) is 0 Å². The minimum atomic E-state index is -0.257. The lowest BCUT2D eigenvalue weighted by Gasteiger charge is -2.20. The number of benzene rings is 1. The number of carbonyl (C=O) groups is 1. The average Bonchev–Trinajstić information content (AvgIpc) is 2.37. The minimum absolute atomic E-state index is 0.0130. The van der Waals surface area contributed by atoms with Gasteiger partial charge in [-0.25, -0.2) is 0 Å². The van der Waals surface area contributed by atoms with Crippen LogP contribution in [0.2, 0.25) is 0 Å². The second-order valence-corrected chi connectivity index (χ2v) is 4.38. The molecule has 0 bridgehead atoms. The number of amides is 1. The zero-order valence-corrected chi connectivity index (χ0v) is 10.9. The predicted octanol–water partition coefficient (Wildman–Crippen LogP) is 1.02. The molecule has 0 aliphatic carbocycles. The van der Waals surface area contributed by atoms with Crippen LogP contribution in [0.3, 0.4) is 0 Å². The van der Waals surface area contributed by atoms with Gasteiger partial charge in [0.1, 0.15) is 5.75 Å². The number of methoxy groups -OCH3 is 1. The third kappa shape index (κ3) is 3.37. The van der Waals surface area contributed by atoms with Gasteiger partial charge in [0.15, 0.2) is 0 Å². The molecule has 1 amide bonds. The van der Waals surface area contributed by atoms with Crippen molar-refractivity contribution in [3.8, 4) is 5.75 Å². The molecule has 1 aromatic carbocycles. The summed E-state index contributed by atoms with van der Waals surface area (Å²) in [5, 5.41) is 11.9. The fourth-order valence-electron chi connectivity index (χ4n) is 1.49. The number of anilines is 1. The van der Waals surface area contributed by atoms with Crippen molar-refractivity contribution in [3.05, 3.63) is 23.8 Å². The van der Waals surface area contributed by atoms with Crippen LogP contribution in [0.4, 0.5) is 5.69 Å². The first-order valence-electron chi connectivity index (χ1n) is 5.84. The topological polar surface area (TPSA) is 84.6 Å². The number of hydrogen-bond acceptors (Lipinski definition) is 4. The molecule has 1 aromatic rings. The predicted molar refractivity (Wildman–Crippen MR) is 70.6 cm³/mol. The molecule has 100 valence electrons. The number of nitrogen functional groups attached to an aromatic ring is 1. The molecule has 5 heteroatoms. The van der Waals surface area contributed by atoms with Crippen LogP contribution in [-0.2, 0) is 0 Å². The number of hydrogen-bond donors (Lipinski definition) is 3. The van der Waals surface area contributed by atoms with Gasteiger partial charge in [-0.1, -0.05) is 6.92 Å². The maximum absolute atomic E-state index is 12.1. The molecule has 0 radical (unpaired) electrons. The van der Waals surface area contributed by atoms with E-state index in [1.54, 1.807) is 18.2 Å². The highest BCUT2D eigenvalue weighted by Gasteiger charge is 2.18. The molecular weight excluding hydrogens is 232 g/mol. The number of aliphatic hydroxyl groups is 1. The molecule has 0 saturated carbocycles. The average molecular weight is 252 g/mol. The fraction of sp³-hybridized carbons (Fsp3) is 0.462. The van der Waals surface area contributed by atoms with Gasteiger partial charge < -0.3 is 20.9 Å². The Balaban J connectivity index is 2.87. The Labute approximate surface area is 107 Å². The molecule has 0 spiro atoms. The summed E-state index contributed by atoms with van der Waals surface area (Å²) in [5.74, 6) is 0.207. The summed E-state index contributed by atoms with van der Waals surface area (Å²) in [4.78, 5) is 12.1. The summed E-state index contributed by atoms with van der Waals surface area (Å²) in [6.45, 7) is 3.73. The number of ether oxygens (including phenoxy) is 1. The lowest BCUT2D eigenvalue weighted by atomic mass is 10.0. The Bertz CT molecular complexity index is 421. The zero-order valence-electron chi connectivity index (χ0n) is 10.9. The van der Waals surface area contributed by atoms with Crippen molar-refractivity contribution in [2.75, 3.05) is 19.5 Å². The molecule has 1 rings (SSSR count). The van der Waals surface area contributed by atoms with E-state index in [0.29, 0.717) is 17.0 Å². The van der Waals surface area contributed by atoms with Gasteiger partial charge in [-0.05, 0) is 31.0 Å². The summed E-state index contributed by atoms with van der Waals surface area (Å²) in [7, 11) is 1.50. The second-order valence-electron chi connectivity index (χ2n) is 4.38. The first-order chi connectivity index (χ1) is 8.49. The lowest BCUT2D eigenvalue weighted by molar-refractivity contribution is 0.0913. The van der Waals surface area contributed by atoms with Crippen molar-refractivity contribution in [3.63, 3.8) is 0 Å². The molecule has 0 heterocycles. The number of rotatable bonds is 5. The Hall–Kier alpha value is -1.75. The van der Waals surface area contributed by atoms with Crippen LogP contribution in [0.25, 0.3) is 0 Å². The molecule has 5 nitrogen and oxygen atoms in total. The third-order valence-electron chi connectivity index (χ3n) is 2.97. The summed E-state index contributed by atoms with van der Waals surface area (Å²) in [6.07, 6.45) is 0. The van der Waals surface area contributed by atoms with E-state index in [2.05, 4.69) is 5.32 Å². The second kappa shape index (κ2) is 6.26. The Morgan fingerprint density at radius 2 is 2.17 bits per heavy atom. The maximum Gasteiger partial charge on any atom is 0.255 e. The molecule has 18 heavy (non-hydrogen) atoms. The standard InChI is InChI=1S/C13H20N2O3/c1-8(7-16)9(2)15-13(17)11-6-10(14)4-5-12(11)18-3/h4-6,8-9,16H,7,14H2,1-3H3,(H,15,17). The van der Waals surface area contributed by atoms with E-state index in [-0.39, 0.29) is 24.5 Å². The monoisotopic (exact) mass is 252 g/mol. The van der Waals surface area contributed by atoms with Crippen molar-refractivity contribution in [1.29, 1.82) is 0 Å². The van der Waals surface area contributed by atoms with E-state index in [1.165, 1.54) is 7.11 Å². The normalized spacial score (nSPS) is 13.8. The van der Waals surface area contributed by atoms with Crippen LogP contribution in [0, 0.1) is 5.92 Å². The fourth-order valence-corrected chi connectivity index (χ4v) is 1.49. The van der Waals surface area contributed by atoms with E-state index in [1.807, 2.05) is 13.8 Å². The summed E-state index contributed by atoms with van der Waals surface area (Å²) < 4.78 is 5.12. The van der Waals surface area contributed by atoms with Crippen molar-refractivity contribution >= 4 is 11.6 Å². The highest BCUT2D eigenvalue weighted by atomic mass is 16.5. The summed E-state index contributed by atoms with van der Waals surface area (Å²) in [5.41, 5.74) is 6.56. The molecule has 0 aliphatic rings. The highest BCUT2D eigenvalue weighted by Crippen LogP contribution is 2.21. The van der Waals surface area contributed by atoms with Gasteiger partial charge in [-0.15, -0.1) is 0 Å². The van der Waals surface area contributed by atoms with Gasteiger partial charge in [0.25, 0.3) is 5.91 Å². The number of carbonyl (C=O) groups excluding carboxylic acids is 1. The van der Waals surface area contributed by atoms with Gasteiger partial charge in [0.2, 0.25) is 0 Å². The van der Waals surface area contributed by atoms with Crippen molar-refractivity contribution < 1.29 is 14.6 Å². The van der Waals surface area contributed by atoms with E-state index >= 15 is 0 Å². The Morgan fingerprint density at radius 3 is 2.72 bits per heavy atom. The molecule has 2 atom stereocenters. The van der Waals surface area contributed by atoms with Gasteiger partial charge in [-0.3, -0.25) is 4.79 Å². The number of nitrogens with one attached hydrogen (secondary N) is 1. The van der Waals surface area contributed by atoms with Crippen LogP contribution >= 0.6 is 0 Å². The van der Waals surface area contributed by atoms with Crippen LogP contribution in [-0.4, -0.2) is 30.8 Å². The molecular formula is C13H20N2O3. The Morgan fingerprint density at radius 1 is 1.50 bits per heavy atom. The molecule has 0 saturated heterocycles. The van der Waals surface area contributed by atoms with Crippen LogP contribution in [0.1, 0.15) is 24.2 Å². The molecule has 4 N–H and O–H groups in total. The molecule has 0 aromatic heterocycles. The maximum atomic E-state index is 12.1. The quantitative estimate of drug-likeness (QED) is 0.683. The van der Waals surface area contributed by atoms with Gasteiger partial charge in [0, 0.05) is 18.3 Å². The first-order valence-corrected chi connectivity index (χ1v) is 5.84.